The van der Waals surface area contributed by atoms with E-state index >= 15 is 0 Å². The van der Waals surface area contributed by atoms with Crippen molar-refractivity contribution in [2.75, 3.05) is 44.9 Å². The third-order valence-corrected chi connectivity index (χ3v) is 6.92. The van der Waals surface area contributed by atoms with Gasteiger partial charge in [0.1, 0.15) is 5.82 Å². The summed E-state index contributed by atoms with van der Waals surface area (Å²) >= 11 is 0. The number of amides is 1. The number of anilines is 1. The molecular weight excluding hydrogens is 434 g/mol. The number of hydrogen-bond donors (Lipinski definition) is 0. The first kappa shape index (κ1) is 22.6. The van der Waals surface area contributed by atoms with Crippen LogP contribution in [0.2, 0.25) is 0 Å². The van der Waals surface area contributed by atoms with Gasteiger partial charge in [-0.2, -0.15) is 0 Å². The van der Waals surface area contributed by atoms with Crippen molar-refractivity contribution >= 4 is 22.8 Å². The standard InChI is InChI=1S/C25H31N5O4/c1-18-6-7-19-20(30(18)25(32)33-2)8-9-21-24(19)26-22(17-28-10-4-3-5-23(28)31)29(21)12-11-27-13-15-34-16-14-27/h3-5,8-10,18H,6-7,11-17H2,1-2H3/t18-/m0/s1. The number of methoxy groups -OCH3 is 1. The summed E-state index contributed by atoms with van der Waals surface area (Å²) in [6.45, 7) is 7.43. The molecule has 0 spiro atoms. The van der Waals surface area contributed by atoms with Crippen LogP contribution in [0, 0.1) is 0 Å². The summed E-state index contributed by atoms with van der Waals surface area (Å²) < 4.78 is 14.5. The van der Waals surface area contributed by atoms with E-state index in [2.05, 4.69) is 9.47 Å². The molecule has 1 aromatic carbocycles. The number of pyridine rings is 1. The molecule has 1 amide bonds. The molecule has 1 atom stereocenters. The smallest absolute Gasteiger partial charge is 0.414 e. The maximum atomic E-state index is 12.5. The lowest BCUT2D eigenvalue weighted by atomic mass is 9.96. The fraction of sp³-hybridized carbons (Fsp3) is 0.480. The largest absolute Gasteiger partial charge is 0.452 e. The van der Waals surface area contributed by atoms with Crippen LogP contribution in [0.1, 0.15) is 24.7 Å². The first-order chi connectivity index (χ1) is 16.6. The minimum atomic E-state index is -0.351. The lowest BCUT2D eigenvalue weighted by molar-refractivity contribution is 0.0364. The quantitative estimate of drug-likeness (QED) is 0.576. The molecular formula is C25H31N5O4. The van der Waals surface area contributed by atoms with Gasteiger partial charge in [0.25, 0.3) is 5.56 Å². The molecule has 9 nitrogen and oxygen atoms in total. The van der Waals surface area contributed by atoms with Crippen LogP contribution in [0.25, 0.3) is 11.0 Å². The number of rotatable bonds is 5. The Morgan fingerprint density at radius 1 is 1.18 bits per heavy atom. The Morgan fingerprint density at radius 3 is 2.76 bits per heavy atom. The van der Waals surface area contributed by atoms with Crippen molar-refractivity contribution in [2.24, 2.45) is 0 Å². The average Bonchev–Trinajstić information content (AvgIpc) is 3.21. The Hall–Kier alpha value is -3.17. The van der Waals surface area contributed by atoms with E-state index in [-0.39, 0.29) is 17.7 Å². The Bertz CT molecular complexity index is 1240. The molecule has 1 fully saturated rings. The van der Waals surface area contributed by atoms with E-state index in [0.717, 1.165) is 80.3 Å². The first-order valence-corrected chi connectivity index (χ1v) is 11.9. The molecule has 0 saturated carbocycles. The number of aryl methyl sites for hydroxylation is 1. The monoisotopic (exact) mass is 465 g/mol. The van der Waals surface area contributed by atoms with Crippen LogP contribution in [0.3, 0.4) is 0 Å². The predicted octanol–water partition coefficient (Wildman–Crippen LogP) is 2.49. The number of ether oxygens (including phenoxy) is 2. The van der Waals surface area contributed by atoms with Crippen LogP contribution in [-0.4, -0.2) is 71.1 Å². The number of carbonyl (C=O) groups excluding carboxylic acids is 1. The molecule has 2 aliphatic rings. The van der Waals surface area contributed by atoms with Gasteiger partial charge >= 0.3 is 6.09 Å². The van der Waals surface area contributed by atoms with Gasteiger partial charge in [0.2, 0.25) is 0 Å². The van der Waals surface area contributed by atoms with Crippen LogP contribution in [0.5, 0.6) is 0 Å². The van der Waals surface area contributed by atoms with Crippen LogP contribution in [0.4, 0.5) is 10.5 Å². The van der Waals surface area contributed by atoms with E-state index in [1.165, 1.54) is 7.11 Å². The number of morpholine rings is 1. The van der Waals surface area contributed by atoms with Gasteiger partial charge in [0.05, 0.1) is 43.6 Å². The summed E-state index contributed by atoms with van der Waals surface area (Å²) in [4.78, 5) is 34.1. The molecule has 2 aromatic heterocycles. The van der Waals surface area contributed by atoms with E-state index in [4.69, 9.17) is 14.5 Å². The molecule has 2 aliphatic heterocycles. The molecule has 34 heavy (non-hydrogen) atoms. The Kier molecular flexibility index (Phi) is 6.38. The van der Waals surface area contributed by atoms with Crippen LogP contribution < -0.4 is 10.5 Å². The van der Waals surface area contributed by atoms with Crippen LogP contribution in [-0.2, 0) is 29.0 Å². The maximum absolute atomic E-state index is 12.5. The van der Waals surface area contributed by atoms with Crippen LogP contribution >= 0.6 is 0 Å². The lowest BCUT2D eigenvalue weighted by Crippen LogP contribution is -2.42. The lowest BCUT2D eigenvalue weighted by Gasteiger charge is -2.34. The summed E-state index contributed by atoms with van der Waals surface area (Å²) in [5.41, 5.74) is 3.80. The highest BCUT2D eigenvalue weighted by atomic mass is 16.5. The highest BCUT2D eigenvalue weighted by molar-refractivity contribution is 5.95. The van der Waals surface area contributed by atoms with E-state index in [0.29, 0.717) is 6.54 Å². The highest BCUT2D eigenvalue weighted by Crippen LogP contribution is 2.36. The highest BCUT2D eigenvalue weighted by Gasteiger charge is 2.31. The number of fused-ring (bicyclic) bond motifs is 3. The number of imidazole rings is 1. The summed E-state index contributed by atoms with van der Waals surface area (Å²) in [5.74, 6) is 0.841. The molecule has 0 unspecified atom stereocenters. The van der Waals surface area contributed by atoms with Crippen molar-refractivity contribution in [1.82, 2.24) is 19.0 Å². The zero-order valence-corrected chi connectivity index (χ0v) is 19.8. The predicted molar refractivity (Wildman–Crippen MR) is 129 cm³/mol. The fourth-order valence-electron chi connectivity index (χ4n) is 5.03. The second-order valence-electron chi connectivity index (χ2n) is 8.96. The summed E-state index contributed by atoms with van der Waals surface area (Å²) in [7, 11) is 1.41. The normalized spacial score (nSPS) is 18.8. The molecule has 0 bridgehead atoms. The zero-order valence-electron chi connectivity index (χ0n) is 19.8. The Morgan fingerprint density at radius 2 is 2.00 bits per heavy atom. The van der Waals surface area contributed by atoms with Gasteiger partial charge in [-0.05, 0) is 38.0 Å². The molecule has 1 saturated heterocycles. The summed E-state index contributed by atoms with van der Waals surface area (Å²) in [5, 5.41) is 0. The second-order valence-corrected chi connectivity index (χ2v) is 8.96. The Balaban J connectivity index is 1.57. The number of nitrogens with zero attached hydrogens (tertiary/aromatic N) is 5. The van der Waals surface area contributed by atoms with Crippen molar-refractivity contribution in [3.8, 4) is 0 Å². The molecule has 0 radical (unpaired) electrons. The second kappa shape index (κ2) is 9.60. The zero-order chi connectivity index (χ0) is 23.7. The van der Waals surface area contributed by atoms with Gasteiger partial charge in [-0.25, -0.2) is 9.78 Å². The number of carbonyl (C=O) groups is 1. The Labute approximate surface area is 198 Å². The van der Waals surface area contributed by atoms with Gasteiger partial charge in [-0.15, -0.1) is 0 Å². The number of hydrogen-bond acceptors (Lipinski definition) is 6. The van der Waals surface area contributed by atoms with E-state index in [1.54, 1.807) is 27.8 Å². The topological polar surface area (TPSA) is 81.8 Å². The molecule has 3 aromatic rings. The minimum Gasteiger partial charge on any atom is -0.452 e. The number of aromatic nitrogens is 3. The van der Waals surface area contributed by atoms with Crippen molar-refractivity contribution < 1.29 is 14.3 Å². The maximum Gasteiger partial charge on any atom is 0.414 e. The van der Waals surface area contributed by atoms with Gasteiger partial charge in [0, 0.05) is 50.0 Å². The molecule has 4 heterocycles. The fourth-order valence-corrected chi connectivity index (χ4v) is 5.03. The minimum absolute atomic E-state index is 0.0537. The van der Waals surface area contributed by atoms with Crippen molar-refractivity contribution in [3.63, 3.8) is 0 Å². The average molecular weight is 466 g/mol. The third kappa shape index (κ3) is 4.21. The van der Waals surface area contributed by atoms with E-state index in [9.17, 15) is 9.59 Å². The SMILES string of the molecule is COC(=O)N1c2ccc3c(nc(Cn4ccccc4=O)n3CCN3CCOCC3)c2CC[C@@H]1C. The van der Waals surface area contributed by atoms with Crippen molar-refractivity contribution in [3.05, 3.63) is 58.3 Å². The van der Waals surface area contributed by atoms with E-state index in [1.807, 2.05) is 25.1 Å². The molecule has 180 valence electrons. The molecule has 0 aliphatic carbocycles. The van der Waals surface area contributed by atoms with Crippen molar-refractivity contribution in [2.45, 2.75) is 38.9 Å². The molecule has 0 N–H and O–H groups in total. The number of benzene rings is 1. The van der Waals surface area contributed by atoms with Gasteiger partial charge in [-0.1, -0.05) is 6.07 Å². The van der Waals surface area contributed by atoms with Crippen molar-refractivity contribution in [1.29, 1.82) is 0 Å². The first-order valence-electron chi connectivity index (χ1n) is 11.9. The molecule has 9 heteroatoms. The third-order valence-electron chi connectivity index (χ3n) is 6.92. The van der Waals surface area contributed by atoms with Gasteiger partial charge < -0.3 is 18.6 Å². The van der Waals surface area contributed by atoms with Gasteiger partial charge in [-0.3, -0.25) is 14.6 Å². The summed E-state index contributed by atoms with van der Waals surface area (Å²) in [6.07, 6.45) is 3.13. The summed E-state index contributed by atoms with van der Waals surface area (Å²) in [6, 6.07) is 9.29. The molecule has 5 rings (SSSR count). The van der Waals surface area contributed by atoms with E-state index < -0.39 is 0 Å². The van der Waals surface area contributed by atoms with Crippen LogP contribution in [0.15, 0.2) is 41.3 Å². The van der Waals surface area contributed by atoms with Gasteiger partial charge in [0.15, 0.2) is 0 Å².